The van der Waals surface area contributed by atoms with Crippen LogP contribution in [0.5, 0.6) is 0 Å². The molecule has 0 bridgehead atoms. The van der Waals surface area contributed by atoms with Gasteiger partial charge in [0.05, 0.1) is 6.04 Å². The number of piperidine rings is 1. The lowest BCUT2D eigenvalue weighted by Gasteiger charge is -2.33. The number of aromatic nitrogens is 5. The highest BCUT2D eigenvalue weighted by atomic mass is 16.5. The van der Waals surface area contributed by atoms with Crippen molar-refractivity contribution in [3.05, 3.63) is 42.1 Å². The zero-order chi connectivity index (χ0) is 17.2. The molecule has 0 amide bonds. The van der Waals surface area contributed by atoms with Gasteiger partial charge in [-0.1, -0.05) is 11.2 Å². The van der Waals surface area contributed by atoms with Crippen LogP contribution in [0.4, 0.5) is 0 Å². The van der Waals surface area contributed by atoms with E-state index >= 15 is 0 Å². The van der Waals surface area contributed by atoms with Crippen LogP contribution >= 0.6 is 0 Å². The van der Waals surface area contributed by atoms with Crippen molar-refractivity contribution >= 4 is 0 Å². The molecule has 3 aromatic heterocycles. The second-order valence-electron chi connectivity index (χ2n) is 6.32. The number of pyridine rings is 1. The van der Waals surface area contributed by atoms with E-state index in [1.54, 1.807) is 6.20 Å². The Morgan fingerprint density at radius 1 is 1.20 bits per heavy atom. The fourth-order valence-corrected chi connectivity index (χ4v) is 3.17. The average molecular weight is 340 g/mol. The summed E-state index contributed by atoms with van der Waals surface area (Å²) in [6.45, 7) is 5.76. The third-order valence-corrected chi connectivity index (χ3v) is 4.66. The molecule has 3 aromatic rings. The molecular formula is C17H20N6O2. The highest BCUT2D eigenvalue weighted by Crippen LogP contribution is 2.31. The van der Waals surface area contributed by atoms with E-state index in [9.17, 15) is 0 Å². The van der Waals surface area contributed by atoms with Crippen molar-refractivity contribution in [2.45, 2.75) is 38.6 Å². The van der Waals surface area contributed by atoms with Crippen molar-refractivity contribution in [2.75, 3.05) is 13.1 Å². The maximum atomic E-state index is 5.55. The highest BCUT2D eigenvalue weighted by Gasteiger charge is 2.29. The monoisotopic (exact) mass is 340 g/mol. The number of likely N-dealkylation sites (tertiary alicyclic amines) is 1. The molecule has 1 fully saturated rings. The molecule has 0 unspecified atom stereocenters. The Bertz CT molecular complexity index is 823. The molecule has 0 N–H and O–H groups in total. The Balaban J connectivity index is 1.40. The molecule has 0 aromatic carbocycles. The largest absolute Gasteiger partial charge is 0.424 e. The van der Waals surface area contributed by atoms with Crippen LogP contribution in [-0.2, 0) is 0 Å². The normalized spacial score (nSPS) is 17.7. The second kappa shape index (κ2) is 6.72. The molecule has 0 radical (unpaired) electrons. The fraction of sp³-hybridized carbons (Fsp3) is 0.471. The van der Waals surface area contributed by atoms with E-state index in [2.05, 4.69) is 37.1 Å². The molecule has 1 aliphatic heterocycles. The van der Waals surface area contributed by atoms with E-state index in [4.69, 9.17) is 8.94 Å². The predicted octanol–water partition coefficient (Wildman–Crippen LogP) is 2.76. The van der Waals surface area contributed by atoms with E-state index in [1.165, 1.54) is 0 Å². The Morgan fingerprint density at radius 3 is 2.72 bits per heavy atom. The first-order valence-electron chi connectivity index (χ1n) is 8.50. The second-order valence-corrected chi connectivity index (χ2v) is 6.32. The first kappa shape index (κ1) is 15.9. The van der Waals surface area contributed by atoms with Gasteiger partial charge in [0.25, 0.3) is 0 Å². The van der Waals surface area contributed by atoms with Crippen molar-refractivity contribution in [2.24, 2.45) is 0 Å². The third-order valence-electron chi connectivity index (χ3n) is 4.66. The van der Waals surface area contributed by atoms with Crippen LogP contribution < -0.4 is 0 Å². The summed E-state index contributed by atoms with van der Waals surface area (Å²) in [7, 11) is 0. The minimum Gasteiger partial charge on any atom is -0.424 e. The lowest BCUT2D eigenvalue weighted by Crippen LogP contribution is -2.35. The van der Waals surface area contributed by atoms with Gasteiger partial charge in [-0.05, 0) is 45.0 Å². The molecule has 0 saturated carbocycles. The van der Waals surface area contributed by atoms with Crippen molar-refractivity contribution in [1.29, 1.82) is 0 Å². The summed E-state index contributed by atoms with van der Waals surface area (Å²) < 4.78 is 11.0. The van der Waals surface area contributed by atoms with Crippen molar-refractivity contribution in [3.63, 3.8) is 0 Å². The van der Waals surface area contributed by atoms with Gasteiger partial charge in [0, 0.05) is 19.0 Å². The molecule has 8 nitrogen and oxygen atoms in total. The fourth-order valence-electron chi connectivity index (χ4n) is 3.17. The summed E-state index contributed by atoms with van der Waals surface area (Å²) in [6.07, 6.45) is 3.65. The Morgan fingerprint density at radius 2 is 2.04 bits per heavy atom. The van der Waals surface area contributed by atoms with Gasteiger partial charge in [0.2, 0.25) is 23.5 Å². The summed E-state index contributed by atoms with van der Waals surface area (Å²) in [5.74, 6) is 2.79. The first-order chi connectivity index (χ1) is 12.2. The van der Waals surface area contributed by atoms with E-state index in [-0.39, 0.29) is 12.0 Å². The maximum absolute atomic E-state index is 5.55. The summed E-state index contributed by atoms with van der Waals surface area (Å²) in [4.78, 5) is 11.1. The molecule has 4 heterocycles. The van der Waals surface area contributed by atoms with Crippen LogP contribution in [0, 0.1) is 6.92 Å². The van der Waals surface area contributed by atoms with Gasteiger partial charge in [0.15, 0.2) is 0 Å². The molecule has 130 valence electrons. The standard InChI is InChI=1S/C17H20N6O2/c1-11(16-21-20-12(2)24-16)23-9-6-13(7-10-23)17-19-15(22-25-17)14-5-3-4-8-18-14/h3-5,8,11,13H,6-7,9-10H2,1-2H3/t11-/m1/s1. The van der Waals surface area contributed by atoms with Gasteiger partial charge < -0.3 is 8.94 Å². The minimum atomic E-state index is 0.119. The number of hydrogen-bond acceptors (Lipinski definition) is 8. The van der Waals surface area contributed by atoms with Crippen LogP contribution in [0.25, 0.3) is 11.5 Å². The van der Waals surface area contributed by atoms with Crippen molar-refractivity contribution in [1.82, 2.24) is 30.2 Å². The first-order valence-corrected chi connectivity index (χ1v) is 8.50. The number of hydrogen-bond donors (Lipinski definition) is 0. The summed E-state index contributed by atoms with van der Waals surface area (Å²) in [5.41, 5.74) is 0.732. The predicted molar refractivity (Wildman–Crippen MR) is 88.5 cm³/mol. The molecule has 0 aliphatic carbocycles. The van der Waals surface area contributed by atoms with E-state index in [0.717, 1.165) is 31.6 Å². The number of rotatable bonds is 4. The summed E-state index contributed by atoms with van der Waals surface area (Å²) >= 11 is 0. The molecule has 8 heteroatoms. The molecule has 1 saturated heterocycles. The topological polar surface area (TPSA) is 94.0 Å². The van der Waals surface area contributed by atoms with E-state index < -0.39 is 0 Å². The van der Waals surface area contributed by atoms with Crippen LogP contribution in [0.2, 0.25) is 0 Å². The molecule has 25 heavy (non-hydrogen) atoms. The summed E-state index contributed by atoms with van der Waals surface area (Å²) in [5, 5.41) is 12.1. The Kier molecular flexibility index (Phi) is 4.27. The minimum absolute atomic E-state index is 0.119. The molecular weight excluding hydrogens is 320 g/mol. The lowest BCUT2D eigenvalue weighted by molar-refractivity contribution is 0.133. The quantitative estimate of drug-likeness (QED) is 0.715. The van der Waals surface area contributed by atoms with Gasteiger partial charge in [-0.3, -0.25) is 9.88 Å². The highest BCUT2D eigenvalue weighted by molar-refractivity contribution is 5.47. The summed E-state index contributed by atoms with van der Waals surface area (Å²) in [6, 6.07) is 5.78. The smallest absolute Gasteiger partial charge is 0.233 e. The lowest BCUT2D eigenvalue weighted by atomic mass is 9.96. The van der Waals surface area contributed by atoms with Gasteiger partial charge >= 0.3 is 0 Å². The zero-order valence-electron chi connectivity index (χ0n) is 14.3. The van der Waals surface area contributed by atoms with Crippen molar-refractivity contribution in [3.8, 4) is 11.5 Å². The van der Waals surface area contributed by atoms with E-state index in [0.29, 0.717) is 23.5 Å². The molecule has 0 spiro atoms. The van der Waals surface area contributed by atoms with Crippen LogP contribution in [0.3, 0.4) is 0 Å². The average Bonchev–Trinajstić information content (AvgIpc) is 3.31. The van der Waals surface area contributed by atoms with Gasteiger partial charge in [-0.2, -0.15) is 4.98 Å². The van der Waals surface area contributed by atoms with Crippen LogP contribution in [0.1, 0.15) is 49.4 Å². The Hall–Kier alpha value is -2.61. The number of aryl methyl sites for hydroxylation is 1. The molecule has 1 aliphatic rings. The Labute approximate surface area is 145 Å². The SMILES string of the molecule is Cc1nnc([C@@H](C)N2CCC(c3nc(-c4ccccn4)no3)CC2)o1. The van der Waals surface area contributed by atoms with Crippen LogP contribution in [0.15, 0.2) is 33.3 Å². The van der Waals surface area contributed by atoms with Gasteiger partial charge in [-0.25, -0.2) is 0 Å². The zero-order valence-corrected chi connectivity index (χ0v) is 14.3. The third kappa shape index (κ3) is 3.30. The van der Waals surface area contributed by atoms with Crippen LogP contribution in [-0.4, -0.2) is 43.3 Å². The van der Waals surface area contributed by atoms with E-state index in [1.807, 2.05) is 25.1 Å². The number of nitrogens with zero attached hydrogens (tertiary/aromatic N) is 6. The molecule has 1 atom stereocenters. The van der Waals surface area contributed by atoms with Gasteiger partial charge in [0.1, 0.15) is 5.69 Å². The van der Waals surface area contributed by atoms with Gasteiger partial charge in [-0.15, -0.1) is 10.2 Å². The van der Waals surface area contributed by atoms with Crippen molar-refractivity contribution < 1.29 is 8.94 Å². The molecule has 4 rings (SSSR count). The maximum Gasteiger partial charge on any atom is 0.233 e.